The Morgan fingerprint density at radius 3 is 2.55 bits per heavy atom. The summed E-state index contributed by atoms with van der Waals surface area (Å²) in [5, 5.41) is 4.78. The normalized spacial score (nSPS) is 17.5. The molecule has 0 saturated carbocycles. The maximum absolute atomic E-state index is 5.45. The van der Waals surface area contributed by atoms with Gasteiger partial charge in [-0.1, -0.05) is 6.07 Å². The first-order valence-electron chi connectivity index (χ1n) is 11.5. The van der Waals surface area contributed by atoms with Crippen LogP contribution in [0.4, 0.5) is 0 Å². The van der Waals surface area contributed by atoms with E-state index in [1.54, 1.807) is 14.2 Å². The topological polar surface area (TPSA) is 42.8 Å². The first-order valence-corrected chi connectivity index (χ1v) is 11.5. The molecule has 1 aliphatic heterocycles. The molecule has 3 rings (SSSR count). The maximum atomic E-state index is 5.45. The minimum atomic E-state index is 0.407. The van der Waals surface area contributed by atoms with Gasteiger partial charge >= 0.3 is 0 Å². The number of likely N-dealkylation sites (N-methyl/N-ethyl adjacent to an activating group) is 1. The minimum Gasteiger partial charge on any atom is -0.493 e. The van der Waals surface area contributed by atoms with Crippen molar-refractivity contribution in [1.82, 2.24) is 19.6 Å². The number of likely N-dealkylation sites (tertiary alicyclic amines) is 1. The van der Waals surface area contributed by atoms with Gasteiger partial charge in [-0.25, -0.2) is 0 Å². The van der Waals surface area contributed by atoms with Crippen molar-refractivity contribution < 1.29 is 9.47 Å². The van der Waals surface area contributed by atoms with Gasteiger partial charge in [-0.15, -0.1) is 0 Å². The lowest BCUT2D eigenvalue weighted by Crippen LogP contribution is -2.46. The molecule has 31 heavy (non-hydrogen) atoms. The number of methoxy groups -OCH3 is 2. The predicted octanol–water partition coefficient (Wildman–Crippen LogP) is 4.24. The minimum absolute atomic E-state index is 0.407. The van der Waals surface area contributed by atoms with Crippen LogP contribution in [0, 0.1) is 13.8 Å². The molecule has 0 radical (unpaired) electrons. The highest BCUT2D eigenvalue weighted by atomic mass is 16.5. The summed E-state index contributed by atoms with van der Waals surface area (Å²) in [6.45, 7) is 13.1. The third-order valence-electron chi connectivity index (χ3n) is 6.65. The third kappa shape index (κ3) is 5.60. The molecule has 1 atom stereocenters. The van der Waals surface area contributed by atoms with E-state index in [1.165, 1.54) is 41.9 Å². The molecule has 6 nitrogen and oxygen atoms in total. The van der Waals surface area contributed by atoms with E-state index in [0.29, 0.717) is 12.1 Å². The van der Waals surface area contributed by atoms with Gasteiger partial charge in [0.2, 0.25) is 0 Å². The maximum Gasteiger partial charge on any atom is 0.160 e. The molecule has 1 saturated heterocycles. The van der Waals surface area contributed by atoms with Gasteiger partial charge in [-0.2, -0.15) is 5.10 Å². The molecule has 0 N–H and O–H groups in total. The highest BCUT2D eigenvalue weighted by molar-refractivity contribution is 5.42. The lowest BCUT2D eigenvalue weighted by atomic mass is 10.0. The average Bonchev–Trinajstić information content (AvgIpc) is 3.06. The number of benzene rings is 1. The number of ether oxygens (including phenoxy) is 2. The van der Waals surface area contributed by atoms with Crippen molar-refractivity contribution in [2.45, 2.75) is 65.6 Å². The van der Waals surface area contributed by atoms with Crippen LogP contribution in [0.15, 0.2) is 18.2 Å². The van der Waals surface area contributed by atoms with Gasteiger partial charge in [-0.3, -0.25) is 9.58 Å². The molecule has 0 bridgehead atoms. The Bertz CT molecular complexity index is 861. The molecule has 0 aliphatic carbocycles. The molecule has 1 aliphatic rings. The van der Waals surface area contributed by atoms with E-state index < -0.39 is 0 Å². The lowest BCUT2D eigenvalue weighted by Gasteiger charge is -2.38. The lowest BCUT2D eigenvalue weighted by molar-refractivity contribution is 0.112. The molecular weight excluding hydrogens is 388 g/mol. The van der Waals surface area contributed by atoms with Crippen LogP contribution in [0.1, 0.15) is 55.2 Å². The molecule has 0 amide bonds. The van der Waals surface area contributed by atoms with Crippen molar-refractivity contribution in [2.24, 2.45) is 0 Å². The number of aryl methyl sites for hydroxylation is 1. The van der Waals surface area contributed by atoms with Gasteiger partial charge in [0.05, 0.1) is 19.9 Å². The van der Waals surface area contributed by atoms with Crippen LogP contribution >= 0.6 is 0 Å². The summed E-state index contributed by atoms with van der Waals surface area (Å²) < 4.78 is 13.0. The van der Waals surface area contributed by atoms with Crippen LogP contribution in [0.25, 0.3) is 0 Å². The number of hydrogen-bond donors (Lipinski definition) is 0. The number of rotatable bonds is 9. The van der Waals surface area contributed by atoms with Crippen LogP contribution in [0.5, 0.6) is 11.5 Å². The molecule has 1 aromatic heterocycles. The predicted molar refractivity (Wildman–Crippen MR) is 126 cm³/mol. The zero-order valence-electron chi connectivity index (χ0n) is 20.4. The molecule has 1 aromatic carbocycles. The summed E-state index contributed by atoms with van der Waals surface area (Å²) >= 11 is 0. The van der Waals surface area contributed by atoms with Gasteiger partial charge in [-0.05, 0) is 78.2 Å². The quantitative estimate of drug-likeness (QED) is 0.598. The number of piperidine rings is 1. The van der Waals surface area contributed by atoms with Gasteiger partial charge in [0.15, 0.2) is 11.5 Å². The summed E-state index contributed by atoms with van der Waals surface area (Å²) in [6.07, 6.45) is 3.52. The van der Waals surface area contributed by atoms with Gasteiger partial charge in [0.25, 0.3) is 0 Å². The summed E-state index contributed by atoms with van der Waals surface area (Å²) in [4.78, 5) is 5.14. The molecule has 6 heteroatoms. The van der Waals surface area contributed by atoms with Crippen molar-refractivity contribution in [3.8, 4) is 11.5 Å². The first kappa shape index (κ1) is 23.6. The van der Waals surface area contributed by atoms with E-state index in [9.17, 15) is 0 Å². The van der Waals surface area contributed by atoms with Crippen molar-refractivity contribution in [1.29, 1.82) is 0 Å². The Kier molecular flexibility index (Phi) is 8.00. The Morgan fingerprint density at radius 2 is 1.90 bits per heavy atom. The highest BCUT2D eigenvalue weighted by Crippen LogP contribution is 2.28. The number of hydrogen-bond acceptors (Lipinski definition) is 5. The van der Waals surface area contributed by atoms with Gasteiger partial charge in [0.1, 0.15) is 0 Å². The van der Waals surface area contributed by atoms with E-state index in [-0.39, 0.29) is 0 Å². The van der Waals surface area contributed by atoms with Crippen molar-refractivity contribution in [2.75, 3.05) is 40.9 Å². The summed E-state index contributed by atoms with van der Waals surface area (Å²) in [5.74, 6) is 1.59. The van der Waals surface area contributed by atoms with Crippen molar-refractivity contribution in [3.05, 3.63) is 40.7 Å². The van der Waals surface area contributed by atoms with Crippen LogP contribution in [0.3, 0.4) is 0 Å². The van der Waals surface area contributed by atoms with Crippen LogP contribution in [-0.2, 0) is 13.0 Å². The molecule has 2 aromatic rings. The monoisotopic (exact) mass is 428 g/mol. The van der Waals surface area contributed by atoms with Crippen LogP contribution in [-0.4, -0.2) is 66.5 Å². The zero-order chi connectivity index (χ0) is 22.5. The Balaban J connectivity index is 1.58. The van der Waals surface area contributed by atoms with Crippen LogP contribution in [0.2, 0.25) is 0 Å². The Labute approximate surface area is 188 Å². The number of nitrogens with zero attached hydrogens (tertiary/aromatic N) is 4. The van der Waals surface area contributed by atoms with Gasteiger partial charge < -0.3 is 14.4 Å². The van der Waals surface area contributed by atoms with Crippen LogP contribution < -0.4 is 9.47 Å². The smallest absolute Gasteiger partial charge is 0.160 e. The summed E-state index contributed by atoms with van der Waals surface area (Å²) in [5.41, 5.74) is 5.18. The fourth-order valence-electron chi connectivity index (χ4n) is 4.71. The number of aromatic nitrogens is 2. The van der Waals surface area contributed by atoms with Gasteiger partial charge in [0, 0.05) is 43.0 Å². The molecule has 1 fully saturated rings. The standard InChI is InChI=1S/C25H40N4O2/c1-18(2)29-20(4)23(19(3)26-29)17-28-13-8-9-22(16-28)27(5)14-12-21-10-11-24(30-6)25(15-21)31-7/h10-11,15,18,22H,8-9,12-14,16-17H2,1-7H3. The van der Waals surface area contributed by atoms with Crippen molar-refractivity contribution in [3.63, 3.8) is 0 Å². The molecular formula is C25H40N4O2. The average molecular weight is 429 g/mol. The second kappa shape index (κ2) is 10.5. The summed E-state index contributed by atoms with van der Waals surface area (Å²) in [7, 11) is 5.64. The fraction of sp³-hybridized carbons (Fsp3) is 0.640. The Morgan fingerprint density at radius 1 is 1.16 bits per heavy atom. The van der Waals surface area contributed by atoms with E-state index >= 15 is 0 Å². The van der Waals surface area contributed by atoms with Crippen molar-refractivity contribution >= 4 is 0 Å². The fourth-order valence-corrected chi connectivity index (χ4v) is 4.71. The van der Waals surface area contributed by atoms with E-state index in [2.05, 4.69) is 61.4 Å². The van der Waals surface area contributed by atoms with E-state index in [1.807, 2.05) is 6.07 Å². The molecule has 2 heterocycles. The Hall–Kier alpha value is -2.05. The molecule has 172 valence electrons. The third-order valence-corrected chi connectivity index (χ3v) is 6.65. The summed E-state index contributed by atoms with van der Waals surface area (Å²) in [6, 6.07) is 7.23. The zero-order valence-corrected chi connectivity index (χ0v) is 20.4. The first-order chi connectivity index (χ1) is 14.8. The molecule has 0 spiro atoms. The van der Waals surface area contributed by atoms with E-state index in [0.717, 1.165) is 37.6 Å². The second-order valence-corrected chi connectivity index (χ2v) is 9.14. The second-order valence-electron chi connectivity index (χ2n) is 9.14. The molecule has 1 unspecified atom stereocenters. The van der Waals surface area contributed by atoms with E-state index in [4.69, 9.17) is 14.6 Å². The highest BCUT2D eigenvalue weighted by Gasteiger charge is 2.25. The largest absolute Gasteiger partial charge is 0.493 e. The SMILES string of the molecule is COc1ccc(CCN(C)C2CCCN(Cc3c(C)nn(C(C)C)c3C)C2)cc1OC.